The fraction of sp³-hybridized carbons (Fsp3) is 0.455. The molecule has 0 aromatic heterocycles. The molecule has 0 saturated carbocycles. The first-order valence-electron chi connectivity index (χ1n) is 4.86. The maximum absolute atomic E-state index is 13.3. The van der Waals surface area contributed by atoms with Gasteiger partial charge in [0.05, 0.1) is 6.61 Å². The zero-order valence-corrected chi connectivity index (χ0v) is 11.0. The molecule has 1 unspecified atom stereocenters. The van der Waals surface area contributed by atoms with Crippen LogP contribution in [0.1, 0.15) is 13.3 Å². The average molecular weight is 293 g/mol. The number of benzene rings is 1. The molecule has 0 N–H and O–H groups in total. The molecule has 0 aliphatic rings. The van der Waals surface area contributed by atoms with Crippen LogP contribution in [0.15, 0.2) is 22.7 Å². The fourth-order valence-electron chi connectivity index (χ4n) is 1.10. The maximum atomic E-state index is 13.3. The summed E-state index contributed by atoms with van der Waals surface area (Å²) in [5.41, 5.74) is 0. The molecule has 0 amide bonds. The van der Waals surface area contributed by atoms with Gasteiger partial charge >= 0.3 is 0 Å². The molecule has 1 atom stereocenters. The molecule has 0 aliphatic heterocycles. The van der Waals surface area contributed by atoms with Gasteiger partial charge in [0, 0.05) is 10.4 Å². The van der Waals surface area contributed by atoms with Gasteiger partial charge in [-0.2, -0.15) is 12.6 Å². The molecule has 1 aromatic rings. The Morgan fingerprint density at radius 3 is 2.87 bits per heavy atom. The van der Waals surface area contributed by atoms with E-state index in [2.05, 4.69) is 35.5 Å². The summed E-state index contributed by atoms with van der Waals surface area (Å²) in [6.45, 7) is 2.58. The molecule has 0 aliphatic carbocycles. The molecule has 0 bridgehead atoms. The molecule has 84 valence electrons. The van der Waals surface area contributed by atoms with E-state index in [-0.39, 0.29) is 5.82 Å². The van der Waals surface area contributed by atoms with Crippen molar-refractivity contribution >= 4 is 28.6 Å². The normalized spacial score (nSPS) is 12.5. The van der Waals surface area contributed by atoms with E-state index in [1.54, 1.807) is 12.1 Å². The smallest absolute Gasteiger partial charge is 0.165 e. The summed E-state index contributed by atoms with van der Waals surface area (Å²) in [6, 6.07) is 4.68. The SMILES string of the molecule is CCC(CS)COc1cc(Br)ccc1F. The van der Waals surface area contributed by atoms with Gasteiger partial charge in [-0.05, 0) is 30.4 Å². The van der Waals surface area contributed by atoms with Crippen molar-refractivity contribution in [1.82, 2.24) is 0 Å². The molecule has 0 heterocycles. The van der Waals surface area contributed by atoms with Crippen molar-refractivity contribution < 1.29 is 9.13 Å². The van der Waals surface area contributed by atoms with Crippen LogP contribution in [-0.2, 0) is 0 Å². The molecule has 1 aromatic carbocycles. The molecule has 1 rings (SSSR count). The minimum atomic E-state index is -0.327. The minimum Gasteiger partial charge on any atom is -0.490 e. The summed E-state index contributed by atoms with van der Waals surface area (Å²) in [5.74, 6) is 1.09. The first-order chi connectivity index (χ1) is 7.17. The number of halogens is 2. The molecule has 0 saturated heterocycles. The highest BCUT2D eigenvalue weighted by Crippen LogP contribution is 2.23. The van der Waals surface area contributed by atoms with Gasteiger partial charge < -0.3 is 4.74 Å². The number of thiol groups is 1. The standard InChI is InChI=1S/C11H14BrFOS/c1-2-8(7-15)6-14-11-5-9(12)3-4-10(11)13/h3-5,8,15H,2,6-7H2,1H3. The van der Waals surface area contributed by atoms with Crippen LogP contribution in [0.4, 0.5) is 4.39 Å². The largest absolute Gasteiger partial charge is 0.490 e. The fourth-order valence-corrected chi connectivity index (χ4v) is 1.80. The molecular weight excluding hydrogens is 279 g/mol. The summed E-state index contributed by atoms with van der Waals surface area (Å²) in [5, 5.41) is 0. The quantitative estimate of drug-likeness (QED) is 0.809. The third-order valence-electron chi connectivity index (χ3n) is 2.20. The zero-order chi connectivity index (χ0) is 11.3. The van der Waals surface area contributed by atoms with E-state index in [0.29, 0.717) is 18.3 Å². The number of rotatable bonds is 5. The van der Waals surface area contributed by atoms with E-state index in [1.807, 2.05) is 0 Å². The van der Waals surface area contributed by atoms with Crippen molar-refractivity contribution in [3.05, 3.63) is 28.5 Å². The second-order valence-electron chi connectivity index (χ2n) is 3.34. The zero-order valence-electron chi connectivity index (χ0n) is 8.54. The number of hydrogen-bond donors (Lipinski definition) is 1. The van der Waals surface area contributed by atoms with E-state index in [1.165, 1.54) is 6.07 Å². The highest BCUT2D eigenvalue weighted by Gasteiger charge is 2.08. The summed E-state index contributed by atoms with van der Waals surface area (Å²) in [4.78, 5) is 0. The Morgan fingerprint density at radius 1 is 1.53 bits per heavy atom. The van der Waals surface area contributed by atoms with Gasteiger partial charge in [0.2, 0.25) is 0 Å². The van der Waals surface area contributed by atoms with E-state index < -0.39 is 0 Å². The summed E-state index contributed by atoms with van der Waals surface area (Å²) < 4.78 is 19.5. The van der Waals surface area contributed by atoms with E-state index in [0.717, 1.165) is 16.6 Å². The summed E-state index contributed by atoms with van der Waals surface area (Å²) >= 11 is 7.48. The van der Waals surface area contributed by atoms with Gasteiger partial charge in [0.25, 0.3) is 0 Å². The molecule has 4 heteroatoms. The van der Waals surface area contributed by atoms with E-state index in [9.17, 15) is 4.39 Å². The third kappa shape index (κ3) is 4.03. The van der Waals surface area contributed by atoms with Crippen LogP contribution in [0.3, 0.4) is 0 Å². The van der Waals surface area contributed by atoms with Crippen LogP contribution in [-0.4, -0.2) is 12.4 Å². The van der Waals surface area contributed by atoms with Crippen LogP contribution in [0.25, 0.3) is 0 Å². The number of ether oxygens (including phenoxy) is 1. The lowest BCUT2D eigenvalue weighted by molar-refractivity contribution is 0.249. The average Bonchev–Trinajstić information content (AvgIpc) is 2.24. The van der Waals surface area contributed by atoms with Gasteiger partial charge in [0.15, 0.2) is 11.6 Å². The maximum Gasteiger partial charge on any atom is 0.165 e. The van der Waals surface area contributed by atoms with Crippen molar-refractivity contribution in [2.75, 3.05) is 12.4 Å². The van der Waals surface area contributed by atoms with Crippen LogP contribution in [0.5, 0.6) is 5.75 Å². The van der Waals surface area contributed by atoms with Crippen molar-refractivity contribution in [3.63, 3.8) is 0 Å². The lowest BCUT2D eigenvalue weighted by Crippen LogP contribution is -2.13. The third-order valence-corrected chi connectivity index (χ3v) is 3.21. The van der Waals surface area contributed by atoms with Crippen molar-refractivity contribution in [2.45, 2.75) is 13.3 Å². The van der Waals surface area contributed by atoms with Gasteiger partial charge in [-0.15, -0.1) is 0 Å². The Hall–Kier alpha value is -0.220. The van der Waals surface area contributed by atoms with Crippen LogP contribution >= 0.6 is 28.6 Å². The molecule has 0 radical (unpaired) electrons. The summed E-state index contributed by atoms with van der Waals surface area (Å²) in [7, 11) is 0. The second-order valence-corrected chi connectivity index (χ2v) is 4.62. The first kappa shape index (κ1) is 12.8. The van der Waals surface area contributed by atoms with Crippen LogP contribution in [0.2, 0.25) is 0 Å². The first-order valence-corrected chi connectivity index (χ1v) is 6.28. The molecule has 0 spiro atoms. The van der Waals surface area contributed by atoms with Crippen molar-refractivity contribution in [2.24, 2.45) is 5.92 Å². The summed E-state index contributed by atoms with van der Waals surface area (Å²) in [6.07, 6.45) is 0.985. The Balaban J connectivity index is 2.60. The Labute approximate surface area is 104 Å². The minimum absolute atomic E-state index is 0.296. The van der Waals surface area contributed by atoms with Crippen LogP contribution < -0.4 is 4.74 Å². The van der Waals surface area contributed by atoms with Crippen LogP contribution in [0, 0.1) is 11.7 Å². The molecule has 15 heavy (non-hydrogen) atoms. The lowest BCUT2D eigenvalue weighted by Gasteiger charge is -2.13. The van der Waals surface area contributed by atoms with Gasteiger partial charge in [-0.1, -0.05) is 22.9 Å². The Kier molecular flexibility index (Phi) is 5.47. The lowest BCUT2D eigenvalue weighted by atomic mass is 10.1. The van der Waals surface area contributed by atoms with E-state index in [4.69, 9.17) is 4.74 Å². The molecular formula is C11H14BrFOS. The highest BCUT2D eigenvalue weighted by molar-refractivity contribution is 9.10. The topological polar surface area (TPSA) is 9.23 Å². The predicted molar refractivity (Wildman–Crippen MR) is 67.2 cm³/mol. The van der Waals surface area contributed by atoms with E-state index >= 15 is 0 Å². The van der Waals surface area contributed by atoms with Crippen molar-refractivity contribution in [1.29, 1.82) is 0 Å². The second kappa shape index (κ2) is 6.38. The van der Waals surface area contributed by atoms with Gasteiger partial charge in [0.1, 0.15) is 0 Å². The van der Waals surface area contributed by atoms with Gasteiger partial charge in [-0.25, -0.2) is 4.39 Å². The Bertz CT molecular complexity index is 315. The monoisotopic (exact) mass is 292 g/mol. The van der Waals surface area contributed by atoms with Gasteiger partial charge in [-0.3, -0.25) is 0 Å². The number of hydrogen-bond acceptors (Lipinski definition) is 2. The molecule has 1 nitrogen and oxygen atoms in total. The predicted octanol–water partition coefficient (Wildman–Crippen LogP) is 3.92. The van der Waals surface area contributed by atoms with Crippen molar-refractivity contribution in [3.8, 4) is 5.75 Å². The highest BCUT2D eigenvalue weighted by atomic mass is 79.9. The molecule has 0 fully saturated rings. The Morgan fingerprint density at radius 2 is 2.27 bits per heavy atom.